The van der Waals surface area contributed by atoms with Crippen LogP contribution in [0.25, 0.3) is 0 Å². The summed E-state index contributed by atoms with van der Waals surface area (Å²) in [5.41, 5.74) is 10.9. The molecule has 0 spiro atoms. The molecule has 0 unspecified atom stereocenters. The van der Waals surface area contributed by atoms with Gasteiger partial charge in [-0.3, -0.25) is 0 Å². The van der Waals surface area contributed by atoms with E-state index in [0.717, 1.165) is 0 Å². The van der Waals surface area contributed by atoms with Gasteiger partial charge in [-0.15, -0.1) is 0 Å². The first-order valence-electron chi connectivity index (χ1n) is 4.17. The lowest BCUT2D eigenvalue weighted by Gasteiger charge is -2.05. The number of nitrogens with two attached hydrogens (primary N) is 2. The van der Waals surface area contributed by atoms with Crippen molar-refractivity contribution in [2.75, 3.05) is 24.7 Å². The number of hydrogen-bond acceptors (Lipinski definition) is 6. The van der Waals surface area contributed by atoms with Gasteiger partial charge < -0.3 is 21.3 Å². The Kier molecular flexibility index (Phi) is 7.04. The van der Waals surface area contributed by atoms with E-state index in [1.54, 1.807) is 0 Å². The van der Waals surface area contributed by atoms with Crippen LogP contribution in [0.1, 0.15) is 6.92 Å². The van der Waals surface area contributed by atoms with Gasteiger partial charge in [0.05, 0.1) is 6.61 Å². The normalized spacial score (nSPS) is 12.1. The van der Waals surface area contributed by atoms with E-state index in [1.807, 2.05) is 0 Å². The highest BCUT2D eigenvalue weighted by molar-refractivity contribution is 7.99. The van der Waals surface area contributed by atoms with Crippen molar-refractivity contribution >= 4 is 17.7 Å². The maximum Gasteiger partial charge on any atom is 0.356 e. The van der Waals surface area contributed by atoms with Crippen molar-refractivity contribution < 1.29 is 14.6 Å². The van der Waals surface area contributed by atoms with E-state index in [0.29, 0.717) is 11.5 Å². The van der Waals surface area contributed by atoms with Gasteiger partial charge in [-0.25, -0.2) is 4.79 Å². The van der Waals surface area contributed by atoms with E-state index in [-0.39, 0.29) is 24.6 Å². The van der Waals surface area contributed by atoms with Crippen LogP contribution in [-0.4, -0.2) is 35.8 Å². The van der Waals surface area contributed by atoms with Gasteiger partial charge in [0.2, 0.25) is 0 Å². The zero-order valence-corrected chi connectivity index (χ0v) is 8.97. The summed E-state index contributed by atoms with van der Waals surface area (Å²) in [6.45, 7) is 1.94. The Morgan fingerprint density at radius 1 is 1.43 bits per heavy atom. The number of esters is 1. The van der Waals surface area contributed by atoms with Crippen LogP contribution in [0.5, 0.6) is 0 Å². The average molecular weight is 220 g/mol. The Labute approximate surface area is 87.5 Å². The number of aliphatic hydroxyl groups is 1. The van der Waals surface area contributed by atoms with Crippen LogP contribution in [0.2, 0.25) is 0 Å². The molecule has 0 fully saturated rings. The van der Waals surface area contributed by atoms with Crippen molar-refractivity contribution in [2.24, 2.45) is 11.5 Å². The molecular formula is C8H16N2O3S. The largest absolute Gasteiger partial charge is 0.460 e. The number of rotatable bonds is 6. The van der Waals surface area contributed by atoms with E-state index in [2.05, 4.69) is 0 Å². The molecule has 0 aromatic carbocycles. The Hall–Kier alpha value is -0.880. The number of hydrogen-bond donors (Lipinski definition) is 3. The predicted octanol–water partition coefficient (Wildman–Crippen LogP) is -0.596. The van der Waals surface area contributed by atoms with Gasteiger partial charge in [0, 0.05) is 17.2 Å². The molecule has 82 valence electrons. The molecular weight excluding hydrogens is 204 g/mol. The molecule has 5 N–H and O–H groups in total. The second kappa shape index (κ2) is 7.52. The maximum absolute atomic E-state index is 11.1. The van der Waals surface area contributed by atoms with E-state index in [9.17, 15) is 4.79 Å². The van der Waals surface area contributed by atoms with Gasteiger partial charge >= 0.3 is 5.97 Å². The van der Waals surface area contributed by atoms with E-state index >= 15 is 0 Å². The lowest BCUT2D eigenvalue weighted by molar-refractivity contribution is -0.138. The Bertz CT molecular complexity index is 215. The molecule has 6 heteroatoms. The van der Waals surface area contributed by atoms with Crippen molar-refractivity contribution in [2.45, 2.75) is 6.92 Å². The molecule has 0 rings (SSSR count). The number of carbonyl (C=O) groups excluding carboxylic acids is 1. The lowest BCUT2D eigenvalue weighted by Crippen LogP contribution is -2.20. The topological polar surface area (TPSA) is 98.6 Å². The van der Waals surface area contributed by atoms with E-state index in [4.69, 9.17) is 21.3 Å². The molecule has 0 bridgehead atoms. The molecule has 0 saturated carbocycles. The van der Waals surface area contributed by atoms with Gasteiger partial charge in [0.25, 0.3) is 0 Å². The van der Waals surface area contributed by atoms with Crippen LogP contribution in [0.15, 0.2) is 11.4 Å². The van der Waals surface area contributed by atoms with Crippen molar-refractivity contribution in [1.82, 2.24) is 0 Å². The predicted molar refractivity (Wildman–Crippen MR) is 56.4 cm³/mol. The van der Waals surface area contributed by atoms with Crippen molar-refractivity contribution in [3.8, 4) is 0 Å². The third kappa shape index (κ3) is 5.71. The molecule has 5 nitrogen and oxygen atoms in total. The maximum atomic E-state index is 11.1. The SMILES string of the molecule is C/C(N)=C(\N)C(=O)OCCSCCO. The van der Waals surface area contributed by atoms with Crippen LogP contribution in [0.4, 0.5) is 0 Å². The first kappa shape index (κ1) is 13.1. The molecule has 0 aliphatic rings. The minimum Gasteiger partial charge on any atom is -0.460 e. The van der Waals surface area contributed by atoms with Crippen molar-refractivity contribution in [3.05, 3.63) is 11.4 Å². The highest BCUT2D eigenvalue weighted by Crippen LogP contribution is 1.99. The molecule has 0 aromatic heterocycles. The number of aliphatic hydroxyl groups excluding tert-OH is 1. The number of ether oxygens (including phenoxy) is 1. The monoisotopic (exact) mass is 220 g/mol. The second-order valence-electron chi connectivity index (χ2n) is 2.57. The fourth-order valence-corrected chi connectivity index (χ4v) is 1.13. The molecule has 0 aliphatic heterocycles. The molecule has 0 aliphatic carbocycles. The van der Waals surface area contributed by atoms with Crippen LogP contribution >= 0.6 is 11.8 Å². The standard InChI is InChI=1S/C8H16N2O3S/c1-6(9)7(10)8(12)13-3-5-14-4-2-11/h11H,2-5,9-10H2,1H3/b7-6+. The summed E-state index contributed by atoms with van der Waals surface area (Å²) in [6.07, 6.45) is 0. The first-order valence-corrected chi connectivity index (χ1v) is 5.32. The minimum atomic E-state index is -0.588. The second-order valence-corrected chi connectivity index (χ2v) is 3.79. The highest BCUT2D eigenvalue weighted by atomic mass is 32.2. The summed E-state index contributed by atoms with van der Waals surface area (Å²) in [5, 5.41) is 8.46. The van der Waals surface area contributed by atoms with Crippen LogP contribution in [0, 0.1) is 0 Å². The Balaban J connectivity index is 3.60. The molecule has 0 amide bonds. The Morgan fingerprint density at radius 3 is 2.57 bits per heavy atom. The molecule has 0 radical (unpaired) electrons. The molecule has 0 atom stereocenters. The lowest BCUT2D eigenvalue weighted by atomic mass is 10.4. The molecule has 14 heavy (non-hydrogen) atoms. The van der Waals surface area contributed by atoms with E-state index < -0.39 is 5.97 Å². The zero-order chi connectivity index (χ0) is 11.0. The number of allylic oxidation sites excluding steroid dienone is 1. The zero-order valence-electron chi connectivity index (χ0n) is 8.16. The minimum absolute atomic E-state index is 0.0443. The first-order chi connectivity index (χ1) is 6.59. The third-order valence-electron chi connectivity index (χ3n) is 1.34. The van der Waals surface area contributed by atoms with Gasteiger partial charge in [-0.2, -0.15) is 11.8 Å². The quantitative estimate of drug-likeness (QED) is 0.314. The van der Waals surface area contributed by atoms with E-state index in [1.165, 1.54) is 18.7 Å². The van der Waals surface area contributed by atoms with Gasteiger partial charge in [-0.1, -0.05) is 0 Å². The third-order valence-corrected chi connectivity index (χ3v) is 2.27. The van der Waals surface area contributed by atoms with Crippen molar-refractivity contribution in [3.63, 3.8) is 0 Å². The number of carbonyl (C=O) groups is 1. The average Bonchev–Trinajstić information content (AvgIpc) is 2.16. The Morgan fingerprint density at radius 2 is 2.07 bits per heavy atom. The molecule has 0 heterocycles. The van der Waals surface area contributed by atoms with Crippen LogP contribution < -0.4 is 11.5 Å². The van der Waals surface area contributed by atoms with Crippen LogP contribution in [-0.2, 0) is 9.53 Å². The number of thioether (sulfide) groups is 1. The summed E-state index contributed by atoms with van der Waals surface area (Å²) in [7, 11) is 0. The summed E-state index contributed by atoms with van der Waals surface area (Å²) in [4.78, 5) is 11.1. The summed E-state index contributed by atoms with van der Waals surface area (Å²) in [5.74, 6) is 0.691. The van der Waals surface area contributed by atoms with Crippen molar-refractivity contribution in [1.29, 1.82) is 0 Å². The van der Waals surface area contributed by atoms with Gasteiger partial charge in [0.15, 0.2) is 0 Å². The smallest absolute Gasteiger partial charge is 0.356 e. The molecule has 0 saturated heterocycles. The molecule has 0 aromatic rings. The van der Waals surface area contributed by atoms with Gasteiger partial charge in [0.1, 0.15) is 12.3 Å². The summed E-state index contributed by atoms with van der Waals surface area (Å²) in [6, 6.07) is 0. The summed E-state index contributed by atoms with van der Waals surface area (Å²) < 4.78 is 4.81. The summed E-state index contributed by atoms with van der Waals surface area (Å²) >= 11 is 1.50. The fourth-order valence-electron chi connectivity index (χ4n) is 0.599. The van der Waals surface area contributed by atoms with Gasteiger partial charge in [-0.05, 0) is 6.92 Å². The highest BCUT2D eigenvalue weighted by Gasteiger charge is 2.07. The van der Waals surface area contributed by atoms with Crippen LogP contribution in [0.3, 0.4) is 0 Å². The fraction of sp³-hybridized carbons (Fsp3) is 0.625.